The van der Waals surface area contributed by atoms with Crippen LogP contribution in [0.2, 0.25) is 0 Å². The van der Waals surface area contributed by atoms with E-state index in [4.69, 9.17) is 4.74 Å². The normalized spacial score (nSPS) is 21.7. The standard InChI is InChI=1S/C44H72N6O9/c1-32(51)48(56)28-10-5-8-26-46-40(52)19-22-43(55)50(58)30-12-6-9-27-47-41(53)20-21-42(54)49(57)29-11-4-7-25-45-39-18-17-38-37-15-13-33-31-34(59-3)14-16-35(33)36(37)23-24-44(38,39)2/h14,16,31,36-39,45,56-58H,4-13,15,17-30H2,1-3H3,(H,46,52)(H,47,53)/t36-,37-,38+,39?,44+/m1/s1. The van der Waals surface area contributed by atoms with Gasteiger partial charge in [-0.3, -0.25) is 39.6 Å². The number of ether oxygens (including phenoxy) is 1. The van der Waals surface area contributed by atoms with Gasteiger partial charge in [0.2, 0.25) is 29.5 Å². The number of hydroxylamine groups is 6. The number of aryl methyl sites for hydroxylation is 1. The van der Waals surface area contributed by atoms with Crippen molar-refractivity contribution in [1.82, 2.24) is 31.1 Å². The van der Waals surface area contributed by atoms with Gasteiger partial charge in [0.15, 0.2) is 0 Å². The van der Waals surface area contributed by atoms with Crippen LogP contribution in [0.4, 0.5) is 0 Å². The molecule has 2 fully saturated rings. The molecule has 0 aliphatic heterocycles. The maximum Gasteiger partial charge on any atom is 0.246 e. The van der Waals surface area contributed by atoms with Gasteiger partial charge < -0.3 is 20.7 Å². The lowest BCUT2D eigenvalue weighted by atomic mass is 9.55. The highest BCUT2D eigenvalue weighted by Crippen LogP contribution is 2.61. The van der Waals surface area contributed by atoms with Crippen LogP contribution in [-0.4, -0.2) is 113 Å². The van der Waals surface area contributed by atoms with Crippen molar-refractivity contribution in [1.29, 1.82) is 0 Å². The molecule has 0 radical (unpaired) electrons. The van der Waals surface area contributed by atoms with Gasteiger partial charge in [0.05, 0.1) is 7.11 Å². The topological polar surface area (TPSA) is 201 Å². The zero-order chi connectivity index (χ0) is 42.8. The summed E-state index contributed by atoms with van der Waals surface area (Å²) < 4.78 is 5.49. The Balaban J connectivity index is 0.959. The van der Waals surface area contributed by atoms with Gasteiger partial charge in [0.1, 0.15) is 5.75 Å². The number of nitrogens with one attached hydrogen (secondary N) is 3. The fourth-order valence-electron chi connectivity index (χ4n) is 9.73. The largest absolute Gasteiger partial charge is 0.497 e. The third-order valence-electron chi connectivity index (χ3n) is 13.2. The van der Waals surface area contributed by atoms with Gasteiger partial charge in [0, 0.05) is 71.4 Å². The zero-order valence-corrected chi connectivity index (χ0v) is 35.9. The number of amides is 5. The van der Waals surface area contributed by atoms with E-state index in [1.54, 1.807) is 12.7 Å². The summed E-state index contributed by atoms with van der Waals surface area (Å²) in [6.07, 6.45) is 13.6. The minimum absolute atomic E-state index is 0.0140. The van der Waals surface area contributed by atoms with E-state index in [2.05, 4.69) is 41.1 Å². The van der Waals surface area contributed by atoms with Crippen molar-refractivity contribution >= 4 is 29.5 Å². The van der Waals surface area contributed by atoms with Crippen LogP contribution in [0.5, 0.6) is 5.75 Å². The van der Waals surface area contributed by atoms with E-state index < -0.39 is 17.7 Å². The molecule has 0 bridgehead atoms. The molecule has 0 heterocycles. The summed E-state index contributed by atoms with van der Waals surface area (Å²) >= 11 is 0. The monoisotopic (exact) mass is 829 g/mol. The number of unbranched alkanes of at least 4 members (excludes halogenated alkanes) is 6. The number of fused-ring (bicyclic) bond motifs is 5. The van der Waals surface area contributed by atoms with Crippen LogP contribution in [0.1, 0.15) is 146 Å². The Kier molecular flexibility index (Phi) is 19.9. The second kappa shape index (κ2) is 24.5. The maximum atomic E-state index is 12.4. The molecule has 1 aromatic rings. The summed E-state index contributed by atoms with van der Waals surface area (Å²) in [5, 5.41) is 41.0. The van der Waals surface area contributed by atoms with Gasteiger partial charge in [-0.2, -0.15) is 0 Å². The quantitative estimate of drug-likeness (QED) is 0.0395. The van der Waals surface area contributed by atoms with Gasteiger partial charge in [0.25, 0.3) is 0 Å². The first-order valence-corrected chi connectivity index (χ1v) is 22.2. The predicted molar refractivity (Wildman–Crippen MR) is 222 cm³/mol. The van der Waals surface area contributed by atoms with Crippen molar-refractivity contribution in [2.75, 3.05) is 46.4 Å². The second-order valence-electron chi connectivity index (χ2n) is 17.2. The highest BCUT2D eigenvalue weighted by molar-refractivity contribution is 5.83. The molecule has 2 saturated carbocycles. The van der Waals surface area contributed by atoms with Crippen molar-refractivity contribution in [2.45, 2.75) is 148 Å². The van der Waals surface area contributed by atoms with Crippen molar-refractivity contribution in [3.8, 4) is 5.75 Å². The predicted octanol–water partition coefficient (Wildman–Crippen LogP) is 5.49. The fraction of sp³-hybridized carbons (Fsp3) is 0.750. The van der Waals surface area contributed by atoms with Crippen LogP contribution in [0, 0.1) is 17.3 Å². The number of benzene rings is 1. The van der Waals surface area contributed by atoms with Gasteiger partial charge in [-0.1, -0.05) is 19.4 Å². The highest BCUT2D eigenvalue weighted by Gasteiger charge is 2.54. The van der Waals surface area contributed by atoms with E-state index in [-0.39, 0.29) is 57.1 Å². The SMILES string of the molecule is COc1ccc2c(c1)CC[C@@H]1[C@@H]2CC[C@]2(C)C(NCCCCCN(O)C(=O)CCC(=O)NCCCCCN(O)C(=O)CCC(=O)NCCCCCN(O)C(C)=O)CC[C@@H]12. The minimum atomic E-state index is -0.543. The Morgan fingerprint density at radius 2 is 1.27 bits per heavy atom. The first-order chi connectivity index (χ1) is 28.3. The zero-order valence-electron chi connectivity index (χ0n) is 35.9. The Bertz CT molecular complexity index is 1530. The van der Waals surface area contributed by atoms with Crippen LogP contribution < -0.4 is 20.7 Å². The van der Waals surface area contributed by atoms with E-state index in [0.717, 1.165) is 54.9 Å². The summed E-state index contributed by atoms with van der Waals surface area (Å²) in [5.41, 5.74) is 3.36. The molecule has 6 N–H and O–H groups in total. The Morgan fingerprint density at radius 3 is 1.83 bits per heavy atom. The molecule has 1 aromatic carbocycles. The molecule has 0 aromatic heterocycles. The molecule has 4 rings (SSSR count). The molecule has 332 valence electrons. The number of rotatable bonds is 26. The van der Waals surface area contributed by atoms with Crippen molar-refractivity contribution in [3.05, 3.63) is 29.3 Å². The lowest BCUT2D eigenvalue weighted by Crippen LogP contribution is -2.48. The van der Waals surface area contributed by atoms with Crippen molar-refractivity contribution in [2.24, 2.45) is 17.3 Å². The van der Waals surface area contributed by atoms with Crippen molar-refractivity contribution in [3.63, 3.8) is 0 Å². The summed E-state index contributed by atoms with van der Waals surface area (Å²) in [5.74, 6) is 1.15. The smallest absolute Gasteiger partial charge is 0.246 e. The molecule has 59 heavy (non-hydrogen) atoms. The molecule has 0 saturated heterocycles. The van der Waals surface area contributed by atoms with Crippen LogP contribution in [-0.2, 0) is 30.4 Å². The van der Waals surface area contributed by atoms with Crippen LogP contribution in [0.25, 0.3) is 0 Å². The van der Waals surface area contributed by atoms with Crippen molar-refractivity contribution < 1.29 is 44.3 Å². The molecule has 3 aliphatic carbocycles. The molecule has 5 amide bonds. The van der Waals surface area contributed by atoms with Gasteiger partial charge >= 0.3 is 0 Å². The summed E-state index contributed by atoms with van der Waals surface area (Å²) in [7, 11) is 1.74. The van der Waals surface area contributed by atoms with Gasteiger partial charge in [-0.25, -0.2) is 15.2 Å². The van der Waals surface area contributed by atoms with Gasteiger partial charge in [-0.15, -0.1) is 0 Å². The minimum Gasteiger partial charge on any atom is -0.497 e. The Labute approximate surface area is 350 Å². The number of carbonyl (C=O) groups is 5. The first-order valence-electron chi connectivity index (χ1n) is 22.2. The number of methoxy groups -OCH3 is 1. The average Bonchev–Trinajstić information content (AvgIpc) is 3.57. The van der Waals surface area contributed by atoms with E-state index >= 15 is 0 Å². The molecule has 3 aliphatic rings. The van der Waals surface area contributed by atoms with Gasteiger partial charge in [-0.05, 0) is 143 Å². The first kappa shape index (κ1) is 47.9. The molecule has 15 nitrogen and oxygen atoms in total. The average molecular weight is 829 g/mol. The number of nitrogens with zero attached hydrogens (tertiary/aromatic N) is 3. The summed E-state index contributed by atoms with van der Waals surface area (Å²) in [6, 6.07) is 7.22. The second-order valence-corrected chi connectivity index (χ2v) is 17.2. The van der Waals surface area contributed by atoms with E-state index in [9.17, 15) is 39.6 Å². The lowest BCUT2D eigenvalue weighted by Gasteiger charge is -2.51. The third-order valence-corrected chi connectivity index (χ3v) is 13.2. The third kappa shape index (κ3) is 14.7. The number of hydrogen-bond acceptors (Lipinski definition) is 10. The fourth-order valence-corrected chi connectivity index (χ4v) is 9.73. The van der Waals surface area contributed by atoms with Crippen LogP contribution in [0.15, 0.2) is 18.2 Å². The Morgan fingerprint density at radius 1 is 0.712 bits per heavy atom. The molecule has 5 atom stereocenters. The maximum absolute atomic E-state index is 12.4. The molecular weight excluding hydrogens is 757 g/mol. The molecule has 15 heteroatoms. The lowest BCUT2D eigenvalue weighted by molar-refractivity contribution is -0.166. The van der Waals surface area contributed by atoms with E-state index in [0.29, 0.717) is 79.1 Å². The van der Waals surface area contributed by atoms with E-state index in [1.165, 1.54) is 44.6 Å². The number of hydrogen-bond donors (Lipinski definition) is 6. The van der Waals surface area contributed by atoms with Crippen LogP contribution in [0.3, 0.4) is 0 Å². The Hall–Kier alpha value is -3.79. The summed E-state index contributed by atoms with van der Waals surface area (Å²) in [4.78, 5) is 59.8. The highest BCUT2D eigenvalue weighted by atomic mass is 16.5. The van der Waals surface area contributed by atoms with Crippen LogP contribution >= 0.6 is 0 Å². The molecule has 1 unspecified atom stereocenters. The molecular formula is C44H72N6O9. The van der Waals surface area contributed by atoms with E-state index in [1.807, 2.05) is 0 Å². The summed E-state index contributed by atoms with van der Waals surface area (Å²) in [6.45, 7) is 6.14. The molecule has 0 spiro atoms. The number of carbonyl (C=O) groups excluding carboxylic acids is 5.